The van der Waals surface area contributed by atoms with Crippen molar-refractivity contribution in [3.8, 4) is 33.6 Å². The fourth-order valence-corrected chi connectivity index (χ4v) is 3.79. The van der Waals surface area contributed by atoms with Crippen molar-refractivity contribution in [1.29, 1.82) is 0 Å². The minimum Gasteiger partial charge on any atom is -0.189 e. The van der Waals surface area contributed by atoms with Crippen LogP contribution in [0.4, 0.5) is 0 Å². The van der Waals surface area contributed by atoms with E-state index in [1.54, 1.807) is 0 Å². The van der Waals surface area contributed by atoms with Crippen molar-refractivity contribution in [2.75, 3.05) is 0 Å². The highest BCUT2D eigenvalue weighted by Crippen LogP contribution is 2.37. The predicted octanol–water partition coefficient (Wildman–Crippen LogP) is 6.31. The lowest BCUT2D eigenvalue weighted by Crippen LogP contribution is -2.37. The molecule has 0 aliphatic heterocycles. The van der Waals surface area contributed by atoms with Crippen LogP contribution >= 0.6 is 0 Å². The standard InChI is InChI=1S/C26H22N/c1-4-10-20(11-5-1)23-18-25(21-12-6-2-7-13-21)27(24-16-17-24)26(19-23)22-14-8-3-9-15-22/h1-15,18-19,24H,16-17H2/q+1. The lowest BCUT2D eigenvalue weighted by Gasteiger charge is -2.12. The minimum atomic E-state index is 0.597. The van der Waals surface area contributed by atoms with E-state index >= 15 is 0 Å². The molecule has 0 bridgehead atoms. The zero-order valence-corrected chi connectivity index (χ0v) is 15.3. The molecule has 5 rings (SSSR count). The smallest absolute Gasteiger partial charge is 0.189 e. The van der Waals surface area contributed by atoms with Crippen molar-refractivity contribution >= 4 is 0 Å². The Morgan fingerprint density at radius 3 is 1.30 bits per heavy atom. The van der Waals surface area contributed by atoms with E-state index in [9.17, 15) is 0 Å². The topological polar surface area (TPSA) is 3.88 Å². The van der Waals surface area contributed by atoms with E-state index in [1.807, 2.05) is 0 Å². The van der Waals surface area contributed by atoms with Gasteiger partial charge in [0, 0.05) is 36.1 Å². The number of aromatic nitrogens is 1. The van der Waals surface area contributed by atoms with E-state index in [1.165, 1.54) is 46.5 Å². The number of pyridine rings is 1. The van der Waals surface area contributed by atoms with Gasteiger partial charge in [-0.2, -0.15) is 4.57 Å². The van der Waals surface area contributed by atoms with Gasteiger partial charge in [-0.1, -0.05) is 66.7 Å². The van der Waals surface area contributed by atoms with Crippen LogP contribution in [-0.4, -0.2) is 0 Å². The van der Waals surface area contributed by atoms with Gasteiger partial charge >= 0.3 is 0 Å². The molecule has 0 unspecified atom stereocenters. The molecule has 0 spiro atoms. The van der Waals surface area contributed by atoms with Gasteiger partial charge in [-0.15, -0.1) is 0 Å². The fraction of sp³-hybridized carbons (Fsp3) is 0.115. The van der Waals surface area contributed by atoms with Crippen molar-refractivity contribution in [1.82, 2.24) is 0 Å². The summed E-state index contributed by atoms with van der Waals surface area (Å²) in [6.07, 6.45) is 2.52. The lowest BCUT2D eigenvalue weighted by atomic mass is 9.99. The molecule has 1 aliphatic rings. The second-order valence-corrected chi connectivity index (χ2v) is 7.21. The van der Waals surface area contributed by atoms with Crippen molar-refractivity contribution < 1.29 is 4.57 Å². The molecule has 3 aromatic carbocycles. The monoisotopic (exact) mass is 348 g/mol. The molecule has 0 radical (unpaired) electrons. The van der Waals surface area contributed by atoms with Gasteiger partial charge in [-0.3, -0.25) is 0 Å². The van der Waals surface area contributed by atoms with Crippen molar-refractivity contribution in [3.63, 3.8) is 0 Å². The molecule has 1 saturated carbocycles. The molecule has 0 N–H and O–H groups in total. The fourth-order valence-electron chi connectivity index (χ4n) is 3.79. The second kappa shape index (κ2) is 6.85. The third-order valence-electron chi connectivity index (χ3n) is 5.26. The van der Waals surface area contributed by atoms with Crippen LogP contribution in [0.2, 0.25) is 0 Å². The van der Waals surface area contributed by atoms with Crippen LogP contribution in [0.1, 0.15) is 18.9 Å². The van der Waals surface area contributed by atoms with Crippen LogP contribution in [0.25, 0.3) is 33.6 Å². The maximum atomic E-state index is 2.55. The molecular weight excluding hydrogens is 326 g/mol. The van der Waals surface area contributed by atoms with E-state index in [2.05, 4.69) is 108 Å². The highest BCUT2D eigenvalue weighted by Gasteiger charge is 2.37. The quantitative estimate of drug-likeness (QED) is 0.380. The average molecular weight is 348 g/mol. The summed E-state index contributed by atoms with van der Waals surface area (Å²) < 4.78 is 2.55. The Morgan fingerprint density at radius 2 is 0.889 bits per heavy atom. The van der Waals surface area contributed by atoms with E-state index in [0.717, 1.165) is 0 Å². The minimum absolute atomic E-state index is 0.597. The molecule has 4 aromatic rings. The highest BCUT2D eigenvalue weighted by molar-refractivity contribution is 5.73. The van der Waals surface area contributed by atoms with Crippen LogP contribution in [0.15, 0.2) is 103 Å². The van der Waals surface area contributed by atoms with Gasteiger partial charge in [-0.25, -0.2) is 0 Å². The molecule has 1 fully saturated rings. The van der Waals surface area contributed by atoms with Crippen LogP contribution in [0, 0.1) is 0 Å². The van der Waals surface area contributed by atoms with Crippen LogP contribution in [0.5, 0.6) is 0 Å². The Kier molecular flexibility index (Phi) is 4.06. The summed E-state index contributed by atoms with van der Waals surface area (Å²) in [6, 6.07) is 37.6. The molecule has 1 aromatic heterocycles. The molecule has 0 amide bonds. The molecule has 1 aliphatic carbocycles. The van der Waals surface area contributed by atoms with Gasteiger partial charge < -0.3 is 0 Å². The van der Waals surface area contributed by atoms with E-state index in [4.69, 9.17) is 0 Å². The highest BCUT2D eigenvalue weighted by atomic mass is 15.1. The predicted molar refractivity (Wildman–Crippen MR) is 111 cm³/mol. The zero-order chi connectivity index (χ0) is 18.1. The molecule has 0 atom stereocenters. The third kappa shape index (κ3) is 3.17. The van der Waals surface area contributed by atoms with Gasteiger partial charge in [-0.05, 0) is 35.4 Å². The summed E-state index contributed by atoms with van der Waals surface area (Å²) in [5.41, 5.74) is 7.69. The Labute approximate surface area is 160 Å². The maximum absolute atomic E-state index is 2.55. The van der Waals surface area contributed by atoms with E-state index in [-0.39, 0.29) is 0 Å². The van der Waals surface area contributed by atoms with Crippen LogP contribution in [0.3, 0.4) is 0 Å². The Bertz CT molecular complexity index is 989. The summed E-state index contributed by atoms with van der Waals surface area (Å²) in [4.78, 5) is 0. The van der Waals surface area contributed by atoms with Crippen LogP contribution < -0.4 is 4.57 Å². The normalized spacial score (nSPS) is 13.5. The lowest BCUT2D eigenvalue weighted by molar-refractivity contribution is -0.679. The summed E-state index contributed by atoms with van der Waals surface area (Å²) in [6.45, 7) is 0. The number of hydrogen-bond acceptors (Lipinski definition) is 0. The Hall–Kier alpha value is -3.19. The first-order chi connectivity index (χ1) is 13.4. The maximum Gasteiger partial charge on any atom is 0.213 e. The first-order valence-corrected chi connectivity index (χ1v) is 9.66. The summed E-state index contributed by atoms with van der Waals surface area (Å²) in [5.74, 6) is 0. The number of nitrogens with zero attached hydrogens (tertiary/aromatic N) is 1. The van der Waals surface area contributed by atoms with Crippen LogP contribution in [-0.2, 0) is 0 Å². The summed E-state index contributed by atoms with van der Waals surface area (Å²) >= 11 is 0. The average Bonchev–Trinajstić information content (AvgIpc) is 3.60. The largest absolute Gasteiger partial charge is 0.213 e. The molecule has 1 heterocycles. The zero-order valence-electron chi connectivity index (χ0n) is 15.3. The molecular formula is C26H22N+. The Morgan fingerprint density at radius 1 is 0.481 bits per heavy atom. The van der Waals surface area contributed by atoms with Crippen molar-refractivity contribution in [2.24, 2.45) is 0 Å². The molecule has 1 nitrogen and oxygen atoms in total. The van der Waals surface area contributed by atoms with Gasteiger partial charge in [0.15, 0.2) is 6.04 Å². The Balaban J connectivity index is 1.81. The number of rotatable bonds is 4. The van der Waals surface area contributed by atoms with Crippen molar-refractivity contribution in [2.45, 2.75) is 18.9 Å². The third-order valence-corrected chi connectivity index (χ3v) is 5.26. The number of hydrogen-bond donors (Lipinski definition) is 0. The van der Waals surface area contributed by atoms with E-state index < -0.39 is 0 Å². The van der Waals surface area contributed by atoms with Gasteiger partial charge in [0.25, 0.3) is 0 Å². The van der Waals surface area contributed by atoms with Crippen molar-refractivity contribution in [3.05, 3.63) is 103 Å². The molecule has 27 heavy (non-hydrogen) atoms. The number of benzene rings is 3. The second-order valence-electron chi connectivity index (χ2n) is 7.21. The summed E-state index contributed by atoms with van der Waals surface area (Å²) in [5, 5.41) is 0. The first-order valence-electron chi connectivity index (χ1n) is 9.66. The van der Waals surface area contributed by atoms with E-state index in [0.29, 0.717) is 6.04 Å². The van der Waals surface area contributed by atoms with Gasteiger partial charge in [0.1, 0.15) is 0 Å². The molecule has 0 saturated heterocycles. The van der Waals surface area contributed by atoms with Gasteiger partial charge in [0.05, 0.1) is 0 Å². The molecule has 1 heteroatoms. The SMILES string of the molecule is c1ccc(-c2cc(-c3ccccc3)[n+](C3CC3)c(-c3ccccc3)c2)cc1. The first kappa shape index (κ1) is 16.0. The molecule has 130 valence electrons. The summed E-state index contributed by atoms with van der Waals surface area (Å²) in [7, 11) is 0. The van der Waals surface area contributed by atoms with Gasteiger partial charge in [0.2, 0.25) is 11.4 Å².